The Hall–Kier alpha value is -6.12. The molecule has 0 spiro atoms. The standard InChI is InChI=1S/C35H41N7O8/c1-49-27-15-9-23(10-16-27)20-28(40-35(48)50-22-24-6-3-2-4-7-24)32(46)42-19-18-41(21-30(43)44)33(47)29(42)8-5-17-38-31(45)25-11-13-26(14-12-25)39-34(36)37/h2-4,6-7,9-16,28-29H,5,8,17-22H2,1H3,(H,38,45)(H,40,48)(H,43,44)(H4,36,37,39)/t28?,29-/m0/s1. The lowest BCUT2D eigenvalue weighted by molar-refractivity contribution is -0.156. The number of methoxy groups -OCH3 is 1. The van der Waals surface area contributed by atoms with Crippen LogP contribution >= 0.6 is 0 Å². The number of ether oxygens (including phenoxy) is 2. The van der Waals surface area contributed by atoms with Gasteiger partial charge in [0.15, 0.2) is 5.96 Å². The molecule has 1 aliphatic heterocycles. The lowest BCUT2D eigenvalue weighted by Crippen LogP contribution is -2.63. The maximum absolute atomic E-state index is 14.2. The predicted molar refractivity (Wildman–Crippen MR) is 183 cm³/mol. The van der Waals surface area contributed by atoms with Crippen molar-refractivity contribution in [3.05, 3.63) is 95.6 Å². The van der Waals surface area contributed by atoms with Crippen LogP contribution in [0.2, 0.25) is 0 Å². The van der Waals surface area contributed by atoms with E-state index in [4.69, 9.17) is 20.9 Å². The molecule has 1 heterocycles. The molecule has 0 radical (unpaired) electrons. The molecule has 1 saturated heterocycles. The Morgan fingerprint density at radius 2 is 1.66 bits per heavy atom. The fraction of sp³-hybridized carbons (Fsp3) is 0.314. The second-order valence-corrected chi connectivity index (χ2v) is 11.5. The molecule has 50 heavy (non-hydrogen) atoms. The fourth-order valence-corrected chi connectivity index (χ4v) is 5.44. The normalized spacial score (nSPS) is 14.7. The Bertz CT molecular complexity index is 1660. The van der Waals surface area contributed by atoms with Gasteiger partial charge in [0.25, 0.3) is 5.91 Å². The van der Waals surface area contributed by atoms with Crippen molar-refractivity contribution in [2.24, 2.45) is 16.5 Å². The van der Waals surface area contributed by atoms with Gasteiger partial charge in [0.2, 0.25) is 11.8 Å². The number of carboxylic acid groups (broad SMARTS) is 1. The van der Waals surface area contributed by atoms with Crippen molar-refractivity contribution in [1.29, 1.82) is 0 Å². The molecule has 264 valence electrons. The molecule has 3 aromatic carbocycles. The van der Waals surface area contributed by atoms with Gasteiger partial charge < -0.3 is 46.5 Å². The quantitative estimate of drug-likeness (QED) is 0.0886. The van der Waals surface area contributed by atoms with E-state index in [1.54, 1.807) is 60.7 Å². The summed E-state index contributed by atoms with van der Waals surface area (Å²) >= 11 is 0. The summed E-state index contributed by atoms with van der Waals surface area (Å²) in [5, 5.41) is 14.9. The Balaban J connectivity index is 1.47. The molecule has 1 aliphatic rings. The summed E-state index contributed by atoms with van der Waals surface area (Å²) in [6.45, 7) is -0.344. The van der Waals surface area contributed by atoms with Crippen molar-refractivity contribution in [2.75, 3.05) is 33.3 Å². The van der Waals surface area contributed by atoms with Crippen molar-refractivity contribution in [3.63, 3.8) is 0 Å². The number of rotatable bonds is 15. The number of hydrogen-bond donors (Lipinski definition) is 5. The van der Waals surface area contributed by atoms with Crippen molar-refractivity contribution >= 4 is 41.4 Å². The van der Waals surface area contributed by atoms with Crippen LogP contribution < -0.4 is 26.8 Å². The van der Waals surface area contributed by atoms with Crippen LogP contribution in [0.4, 0.5) is 10.5 Å². The number of nitrogens with zero attached hydrogens (tertiary/aromatic N) is 3. The van der Waals surface area contributed by atoms with Crippen LogP contribution in [0.3, 0.4) is 0 Å². The molecule has 15 nitrogen and oxygen atoms in total. The Kier molecular flexibility index (Phi) is 13.1. The van der Waals surface area contributed by atoms with Crippen molar-refractivity contribution in [2.45, 2.75) is 38.0 Å². The van der Waals surface area contributed by atoms with Crippen LogP contribution in [-0.4, -0.2) is 96.0 Å². The van der Waals surface area contributed by atoms with Crippen LogP contribution in [0.1, 0.15) is 34.3 Å². The van der Waals surface area contributed by atoms with Crippen molar-refractivity contribution in [3.8, 4) is 5.75 Å². The summed E-state index contributed by atoms with van der Waals surface area (Å²) in [4.78, 5) is 71.5. The number of hydrogen-bond acceptors (Lipinski definition) is 8. The van der Waals surface area contributed by atoms with E-state index in [0.29, 0.717) is 22.6 Å². The van der Waals surface area contributed by atoms with Crippen molar-refractivity contribution in [1.82, 2.24) is 20.4 Å². The number of benzene rings is 3. The Labute approximate surface area is 289 Å². The Morgan fingerprint density at radius 1 is 0.960 bits per heavy atom. The third-order valence-electron chi connectivity index (χ3n) is 7.92. The van der Waals surface area contributed by atoms with Crippen LogP contribution in [0.25, 0.3) is 0 Å². The van der Waals surface area contributed by atoms with E-state index in [1.165, 1.54) is 16.9 Å². The van der Waals surface area contributed by atoms with Crippen LogP contribution in [0, 0.1) is 0 Å². The molecule has 3 aromatic rings. The number of carbonyl (C=O) groups excluding carboxylic acids is 4. The van der Waals surface area contributed by atoms with Gasteiger partial charge in [-0.2, -0.15) is 0 Å². The minimum Gasteiger partial charge on any atom is -0.497 e. The molecule has 0 aliphatic carbocycles. The minimum absolute atomic E-state index is 0.00628. The molecule has 0 bridgehead atoms. The van der Waals surface area contributed by atoms with Gasteiger partial charge in [0.1, 0.15) is 31.0 Å². The van der Waals surface area contributed by atoms with E-state index in [0.717, 1.165) is 5.56 Å². The Morgan fingerprint density at radius 3 is 2.30 bits per heavy atom. The van der Waals surface area contributed by atoms with Crippen LogP contribution in [0.15, 0.2) is 83.9 Å². The maximum Gasteiger partial charge on any atom is 0.408 e. The molecule has 1 unspecified atom stereocenters. The van der Waals surface area contributed by atoms with E-state index in [-0.39, 0.29) is 57.4 Å². The number of carboxylic acids is 1. The number of carbonyl (C=O) groups is 5. The highest BCUT2D eigenvalue weighted by atomic mass is 16.5. The number of guanidine groups is 1. The number of alkyl carbamates (subject to hydrolysis) is 1. The lowest BCUT2D eigenvalue weighted by atomic mass is 10.00. The van der Waals surface area contributed by atoms with Gasteiger partial charge in [-0.15, -0.1) is 0 Å². The first-order chi connectivity index (χ1) is 24.0. The summed E-state index contributed by atoms with van der Waals surface area (Å²) in [7, 11) is 1.53. The first kappa shape index (κ1) is 36.7. The summed E-state index contributed by atoms with van der Waals surface area (Å²) in [5.41, 5.74) is 13.1. The first-order valence-electron chi connectivity index (χ1n) is 15.9. The van der Waals surface area contributed by atoms with Gasteiger partial charge >= 0.3 is 12.1 Å². The predicted octanol–water partition coefficient (Wildman–Crippen LogP) is 1.77. The molecular formula is C35H41N7O8. The zero-order valence-electron chi connectivity index (χ0n) is 27.6. The van der Waals surface area contributed by atoms with Crippen LogP contribution in [0.5, 0.6) is 5.75 Å². The van der Waals surface area contributed by atoms with Gasteiger partial charge in [0, 0.05) is 31.6 Å². The number of aliphatic imine (C=N–C) groups is 1. The van der Waals surface area contributed by atoms with Gasteiger partial charge in [-0.25, -0.2) is 9.79 Å². The third kappa shape index (κ3) is 10.7. The number of nitrogens with two attached hydrogens (primary N) is 2. The SMILES string of the molecule is COc1ccc(CC(NC(=O)OCc2ccccc2)C(=O)N2CCN(CC(=O)O)C(=O)[C@@H]2CCCNC(=O)c2ccc(N=C(N)N)cc2)cc1. The average molecular weight is 688 g/mol. The van der Waals surface area contributed by atoms with E-state index in [2.05, 4.69) is 15.6 Å². The maximum atomic E-state index is 14.2. The zero-order valence-corrected chi connectivity index (χ0v) is 27.6. The van der Waals surface area contributed by atoms with E-state index in [9.17, 15) is 29.1 Å². The summed E-state index contributed by atoms with van der Waals surface area (Å²) in [5.74, 6) is -2.12. The fourth-order valence-electron chi connectivity index (χ4n) is 5.44. The lowest BCUT2D eigenvalue weighted by Gasteiger charge is -2.41. The van der Waals surface area contributed by atoms with Crippen molar-refractivity contribution < 1.29 is 38.6 Å². The zero-order chi connectivity index (χ0) is 36.0. The molecule has 2 atom stereocenters. The molecule has 0 aromatic heterocycles. The smallest absolute Gasteiger partial charge is 0.408 e. The van der Waals surface area contributed by atoms with Gasteiger partial charge in [-0.3, -0.25) is 19.2 Å². The molecule has 15 heteroatoms. The molecule has 0 saturated carbocycles. The number of nitrogens with one attached hydrogen (secondary N) is 2. The summed E-state index contributed by atoms with van der Waals surface area (Å²) in [6.07, 6.45) is -0.327. The molecule has 1 fully saturated rings. The molecule has 7 N–H and O–H groups in total. The number of piperazine rings is 1. The molecule has 4 rings (SSSR count). The molecular weight excluding hydrogens is 646 g/mol. The molecule has 4 amide bonds. The second-order valence-electron chi connectivity index (χ2n) is 11.5. The van der Waals surface area contributed by atoms with E-state index >= 15 is 0 Å². The third-order valence-corrected chi connectivity index (χ3v) is 7.92. The second kappa shape index (κ2) is 17.9. The highest BCUT2D eigenvalue weighted by Crippen LogP contribution is 2.20. The summed E-state index contributed by atoms with van der Waals surface area (Å²) < 4.78 is 10.6. The highest BCUT2D eigenvalue weighted by Gasteiger charge is 2.40. The number of amides is 4. The van der Waals surface area contributed by atoms with E-state index in [1.807, 2.05) is 18.2 Å². The number of aliphatic carboxylic acids is 1. The largest absolute Gasteiger partial charge is 0.497 e. The highest BCUT2D eigenvalue weighted by molar-refractivity contribution is 5.95. The van der Waals surface area contributed by atoms with Crippen LogP contribution in [-0.2, 0) is 32.1 Å². The topological polar surface area (TPSA) is 219 Å². The van der Waals surface area contributed by atoms with Gasteiger partial charge in [0.05, 0.1) is 12.8 Å². The minimum atomic E-state index is -1.18. The first-order valence-corrected chi connectivity index (χ1v) is 15.9. The van der Waals surface area contributed by atoms with Gasteiger partial charge in [-0.05, 0) is 60.4 Å². The monoisotopic (exact) mass is 687 g/mol. The summed E-state index contributed by atoms with van der Waals surface area (Å²) in [6, 6.07) is 20.2. The van der Waals surface area contributed by atoms with Gasteiger partial charge in [-0.1, -0.05) is 42.5 Å². The average Bonchev–Trinajstić information content (AvgIpc) is 3.10. The van der Waals surface area contributed by atoms with E-state index < -0.39 is 42.5 Å².